The third-order valence-electron chi connectivity index (χ3n) is 5.07. The predicted octanol–water partition coefficient (Wildman–Crippen LogP) is 5.62. The van der Waals surface area contributed by atoms with E-state index in [9.17, 15) is 8.42 Å². The van der Waals surface area contributed by atoms with Crippen LogP contribution in [0.2, 0.25) is 10.3 Å². The van der Waals surface area contributed by atoms with Crippen LogP contribution >= 0.6 is 34.5 Å². The molecule has 2 aromatic heterocycles. The second kappa shape index (κ2) is 10.0. The van der Waals surface area contributed by atoms with Crippen LogP contribution in [0.15, 0.2) is 30.5 Å². The minimum atomic E-state index is -3.49. The molecule has 0 atom stereocenters. The largest absolute Gasteiger partial charge is 0.381 e. The van der Waals surface area contributed by atoms with Gasteiger partial charge in [0.05, 0.1) is 37.7 Å². The molecule has 170 valence electrons. The second-order valence-electron chi connectivity index (χ2n) is 7.42. The van der Waals surface area contributed by atoms with Gasteiger partial charge >= 0.3 is 0 Å². The van der Waals surface area contributed by atoms with Crippen LogP contribution in [0.4, 0.5) is 5.69 Å². The lowest BCUT2D eigenvalue weighted by atomic mass is 10.0. The van der Waals surface area contributed by atoms with E-state index in [0.29, 0.717) is 42.3 Å². The molecule has 3 aromatic rings. The Bertz CT molecular complexity index is 1210. The number of halogens is 2. The summed E-state index contributed by atoms with van der Waals surface area (Å²) in [6.45, 7) is 3.21. The maximum Gasteiger partial charge on any atom is 0.232 e. The molecule has 0 amide bonds. The zero-order chi connectivity index (χ0) is 22.7. The number of ether oxygens (including phenoxy) is 1. The first-order chi connectivity index (χ1) is 15.4. The van der Waals surface area contributed by atoms with Gasteiger partial charge in [-0.3, -0.25) is 4.72 Å². The highest BCUT2D eigenvalue weighted by Gasteiger charge is 2.25. The minimum Gasteiger partial charge on any atom is -0.381 e. The van der Waals surface area contributed by atoms with Gasteiger partial charge < -0.3 is 4.74 Å². The van der Waals surface area contributed by atoms with Crippen molar-refractivity contribution in [2.24, 2.45) is 0 Å². The van der Waals surface area contributed by atoms with Gasteiger partial charge in [-0.2, -0.15) is 0 Å². The van der Waals surface area contributed by atoms with E-state index in [1.807, 2.05) is 13.0 Å². The average Bonchev–Trinajstić information content (AvgIpc) is 3.21. The highest BCUT2D eigenvalue weighted by molar-refractivity contribution is 7.92. The summed E-state index contributed by atoms with van der Waals surface area (Å²) in [6.07, 6.45) is 3.88. The van der Waals surface area contributed by atoms with Gasteiger partial charge in [-0.05, 0) is 43.0 Å². The number of aromatic nitrogens is 3. The Morgan fingerprint density at radius 1 is 1.19 bits per heavy atom. The van der Waals surface area contributed by atoms with Gasteiger partial charge in [-0.15, -0.1) is 11.3 Å². The van der Waals surface area contributed by atoms with Crippen LogP contribution < -0.4 is 4.72 Å². The summed E-state index contributed by atoms with van der Waals surface area (Å²) in [5.74, 6) is 0.298. The Hall–Kier alpha value is -1.78. The lowest BCUT2D eigenvalue weighted by molar-refractivity contribution is 0.0853. The Morgan fingerprint density at radius 2 is 1.97 bits per heavy atom. The maximum atomic E-state index is 12.3. The van der Waals surface area contributed by atoms with E-state index in [-0.39, 0.29) is 22.0 Å². The van der Waals surface area contributed by atoms with Crippen LogP contribution in [0.1, 0.15) is 37.1 Å². The van der Waals surface area contributed by atoms with E-state index < -0.39 is 10.0 Å². The van der Waals surface area contributed by atoms with Gasteiger partial charge in [0, 0.05) is 30.9 Å². The van der Waals surface area contributed by atoms with Crippen molar-refractivity contribution in [2.45, 2.75) is 32.1 Å². The van der Waals surface area contributed by atoms with E-state index in [0.717, 1.165) is 22.7 Å². The monoisotopic (exact) mass is 512 g/mol. The number of thiazole rings is 1. The van der Waals surface area contributed by atoms with Gasteiger partial charge in [0.2, 0.25) is 15.3 Å². The van der Waals surface area contributed by atoms with Gasteiger partial charge in [0.25, 0.3) is 0 Å². The molecular weight excluding hydrogens is 491 g/mol. The fourth-order valence-corrected chi connectivity index (χ4v) is 6.38. The maximum absolute atomic E-state index is 12.3. The van der Waals surface area contributed by atoms with Crippen molar-refractivity contribution in [3.63, 3.8) is 0 Å². The molecule has 0 radical (unpaired) electrons. The van der Waals surface area contributed by atoms with Crippen molar-refractivity contribution in [3.8, 4) is 21.8 Å². The van der Waals surface area contributed by atoms with Gasteiger partial charge in [-0.1, -0.05) is 30.7 Å². The molecule has 4 rings (SSSR count). The Labute approximate surface area is 201 Å². The van der Waals surface area contributed by atoms with Gasteiger partial charge in [0.15, 0.2) is 0 Å². The minimum absolute atomic E-state index is 0.0167. The van der Waals surface area contributed by atoms with Crippen molar-refractivity contribution < 1.29 is 13.2 Å². The molecule has 11 heteroatoms. The number of hydrogen-bond donors (Lipinski definition) is 1. The normalized spacial score (nSPS) is 15.1. The van der Waals surface area contributed by atoms with Crippen molar-refractivity contribution >= 4 is 50.2 Å². The first-order valence-corrected chi connectivity index (χ1v) is 13.5. The van der Waals surface area contributed by atoms with E-state index in [1.165, 1.54) is 0 Å². The molecule has 1 N–H and O–H groups in total. The number of benzene rings is 1. The molecular formula is C21H22Cl2N4O3S2. The summed E-state index contributed by atoms with van der Waals surface area (Å²) in [4.78, 5) is 14.1. The van der Waals surface area contributed by atoms with Crippen LogP contribution in [0.5, 0.6) is 0 Å². The molecule has 1 fully saturated rings. The molecule has 0 spiro atoms. The van der Waals surface area contributed by atoms with Crippen molar-refractivity contribution in [2.75, 3.05) is 23.7 Å². The van der Waals surface area contributed by atoms with Crippen molar-refractivity contribution in [1.82, 2.24) is 15.0 Å². The summed E-state index contributed by atoms with van der Waals surface area (Å²) < 4.78 is 32.7. The van der Waals surface area contributed by atoms with E-state index in [2.05, 4.69) is 14.7 Å². The van der Waals surface area contributed by atoms with Crippen LogP contribution in [-0.2, 0) is 14.8 Å². The van der Waals surface area contributed by atoms with Gasteiger partial charge in [0.1, 0.15) is 0 Å². The standard InChI is InChI=1S/C21H22Cl2N4O3S2/c1-2-12-32(28,29)27-15-5-3-4-14(17(15)22)18-19(16-6-9-24-21(23)25-16)31-20(26-18)13-7-10-30-11-8-13/h3-6,9,13,27H,2,7-8,10-12H2,1H3. The summed E-state index contributed by atoms with van der Waals surface area (Å²) in [5, 5.41) is 1.40. The average molecular weight is 513 g/mol. The molecule has 3 heterocycles. The fourth-order valence-electron chi connectivity index (χ4n) is 3.55. The number of rotatable bonds is 7. The fraction of sp³-hybridized carbons (Fsp3) is 0.381. The van der Waals surface area contributed by atoms with Crippen LogP contribution in [0.25, 0.3) is 21.8 Å². The van der Waals surface area contributed by atoms with Crippen molar-refractivity contribution in [3.05, 3.63) is 45.8 Å². The predicted molar refractivity (Wildman–Crippen MR) is 129 cm³/mol. The molecule has 0 bridgehead atoms. The lowest BCUT2D eigenvalue weighted by Gasteiger charge is -2.19. The molecule has 0 saturated carbocycles. The van der Waals surface area contributed by atoms with E-state index in [1.54, 1.807) is 35.7 Å². The number of sulfonamides is 1. The van der Waals surface area contributed by atoms with Crippen LogP contribution in [0.3, 0.4) is 0 Å². The topological polar surface area (TPSA) is 94.1 Å². The van der Waals surface area contributed by atoms with E-state index >= 15 is 0 Å². The molecule has 1 aromatic carbocycles. The summed E-state index contributed by atoms with van der Waals surface area (Å²) >= 11 is 14.3. The third kappa shape index (κ3) is 5.23. The van der Waals surface area contributed by atoms with Crippen LogP contribution in [-0.4, -0.2) is 42.3 Å². The molecule has 0 unspecified atom stereocenters. The van der Waals surface area contributed by atoms with E-state index in [4.69, 9.17) is 32.9 Å². The third-order valence-corrected chi connectivity index (χ3v) is 8.37. The molecule has 1 aliphatic heterocycles. The molecule has 32 heavy (non-hydrogen) atoms. The zero-order valence-electron chi connectivity index (χ0n) is 17.3. The second-order valence-corrected chi connectivity index (χ2v) is 11.0. The van der Waals surface area contributed by atoms with Crippen molar-refractivity contribution in [1.29, 1.82) is 0 Å². The lowest BCUT2D eigenvalue weighted by Crippen LogP contribution is -2.16. The molecule has 1 aliphatic rings. The summed E-state index contributed by atoms with van der Waals surface area (Å²) in [5.41, 5.74) is 2.24. The summed E-state index contributed by atoms with van der Waals surface area (Å²) in [6, 6.07) is 7.01. The highest BCUT2D eigenvalue weighted by atomic mass is 35.5. The number of nitrogens with one attached hydrogen (secondary N) is 1. The van der Waals surface area contributed by atoms with Gasteiger partial charge in [-0.25, -0.2) is 23.4 Å². The Morgan fingerprint density at radius 3 is 2.69 bits per heavy atom. The smallest absolute Gasteiger partial charge is 0.232 e. The Balaban J connectivity index is 1.82. The number of hydrogen-bond acceptors (Lipinski definition) is 7. The SMILES string of the molecule is CCCS(=O)(=O)Nc1cccc(-c2nc(C3CCOCC3)sc2-c2ccnc(Cl)n2)c1Cl. The number of nitrogens with zero attached hydrogens (tertiary/aromatic N) is 3. The molecule has 1 saturated heterocycles. The highest BCUT2D eigenvalue weighted by Crippen LogP contribution is 2.44. The zero-order valence-corrected chi connectivity index (χ0v) is 20.5. The first kappa shape index (κ1) is 23.4. The summed E-state index contributed by atoms with van der Waals surface area (Å²) in [7, 11) is -3.49. The van der Waals surface area contributed by atoms with Crippen LogP contribution in [0, 0.1) is 0 Å². The Kier molecular flexibility index (Phi) is 7.31. The molecule has 7 nitrogen and oxygen atoms in total. The first-order valence-electron chi connectivity index (χ1n) is 10.2. The molecule has 0 aliphatic carbocycles. The number of anilines is 1. The quantitative estimate of drug-likeness (QED) is 0.412.